The molecule has 10 aliphatic heterocycles. The summed E-state index contributed by atoms with van der Waals surface area (Å²) in [5, 5.41) is 42.0. The predicted octanol–water partition coefficient (Wildman–Crippen LogP) is -9.35. The third-order valence-corrected chi connectivity index (χ3v) is 6.21. The van der Waals surface area contributed by atoms with Gasteiger partial charge in [-0.15, -0.1) is 21.7 Å². The SMILES string of the molecule is CCN1N(NC)N2NN3N(NNNN12)N1N3N2N1N1N2N2N3N4N5N(N)N(N(C)C)N5N4N3N12. The lowest BCUT2D eigenvalue weighted by Crippen LogP contribution is -3.25. The first-order chi connectivity index (χ1) is 16.6. The summed E-state index contributed by atoms with van der Waals surface area (Å²) >= 11 is 0. The molecule has 10 rings (SSSR count). The van der Waals surface area contributed by atoms with Crippen molar-refractivity contribution in [1.82, 2.24) is 147 Å². The van der Waals surface area contributed by atoms with E-state index in [2.05, 4.69) is 27.6 Å². The standard InChI is InChI=1S/C5H21N29/c1-5-13-15(7-2)18-11-19-17(10-8-9-16(13)18)22-23(19)27-26(22)30-31(27)33-29-25-21-14(6)20(12(3)4)24(21)28(25)32(29)34(30)33/h7-11H,5-6H2,1-4H3. The van der Waals surface area contributed by atoms with Gasteiger partial charge in [0.15, 0.2) is 0 Å². The Labute approximate surface area is 189 Å². The first-order valence-electron chi connectivity index (χ1n) is 10.3. The fourth-order valence-electron chi connectivity index (χ4n) is 4.81. The average molecular weight is 487 g/mol. The zero-order chi connectivity index (χ0) is 22.5. The molecule has 10 heterocycles. The van der Waals surface area contributed by atoms with Crippen LogP contribution in [0.2, 0.25) is 0 Å². The highest BCUT2D eigenvalue weighted by Crippen LogP contribution is 2.62. The predicted molar refractivity (Wildman–Crippen MR) is 90.5 cm³/mol. The quantitative estimate of drug-likeness (QED) is 0.208. The van der Waals surface area contributed by atoms with Gasteiger partial charge in [0.2, 0.25) is 0 Å². The maximum atomic E-state index is 6.12. The summed E-state index contributed by atoms with van der Waals surface area (Å²) in [6, 6.07) is 0. The van der Waals surface area contributed by atoms with Crippen LogP contribution in [0.25, 0.3) is 0 Å². The highest BCUT2D eigenvalue weighted by molar-refractivity contribution is 4.79. The molecule has 10 aliphatic rings. The van der Waals surface area contributed by atoms with Crippen molar-refractivity contribution in [3.05, 3.63) is 0 Å². The van der Waals surface area contributed by atoms with Gasteiger partial charge in [0.05, 0.1) is 0 Å². The number of fused-ring (bicyclic) bond motifs is 23. The molecule has 0 radical (unpaired) electrons. The Kier molecular flexibility index (Phi) is 3.11. The van der Waals surface area contributed by atoms with E-state index in [4.69, 9.17) is 5.84 Å². The van der Waals surface area contributed by atoms with Gasteiger partial charge in [0, 0.05) is 27.7 Å². The second kappa shape index (κ2) is 5.55. The smallest absolute Gasteiger partial charge is 0.0323 e. The monoisotopic (exact) mass is 487 g/mol. The minimum absolute atomic E-state index is 0.738. The summed E-state index contributed by atoms with van der Waals surface area (Å²) in [7, 11) is 5.65. The lowest BCUT2D eigenvalue weighted by Gasteiger charge is -2.93. The first-order valence-corrected chi connectivity index (χ1v) is 10.3. The van der Waals surface area contributed by atoms with E-state index in [0.717, 1.165) is 6.54 Å². The van der Waals surface area contributed by atoms with Gasteiger partial charge in [0.1, 0.15) is 0 Å². The van der Waals surface area contributed by atoms with Gasteiger partial charge in [-0.25, -0.2) is 16.3 Å². The van der Waals surface area contributed by atoms with Crippen LogP contribution in [0.5, 0.6) is 0 Å². The topological polar surface area (TPSA) is 161 Å². The minimum atomic E-state index is 0.738. The average Bonchev–Trinajstić information content (AvgIpc) is 2.76. The summed E-state index contributed by atoms with van der Waals surface area (Å²) in [6.07, 6.45) is 0. The number of nitrogens with two attached hydrogens (primary N) is 1. The van der Waals surface area contributed by atoms with Gasteiger partial charge in [-0.2, -0.15) is 5.53 Å². The Morgan fingerprint density at radius 2 is 1.21 bits per heavy atom. The number of nitrogens with one attached hydrogen (secondary N) is 5. The van der Waals surface area contributed by atoms with E-state index in [0.29, 0.717) is 0 Å². The maximum absolute atomic E-state index is 6.12. The maximum Gasteiger partial charge on any atom is 0.0323 e. The summed E-state index contributed by atoms with van der Waals surface area (Å²) in [5.41, 5.74) is 15.4. The van der Waals surface area contributed by atoms with Crippen molar-refractivity contribution in [2.24, 2.45) is 5.84 Å². The van der Waals surface area contributed by atoms with Crippen molar-refractivity contribution in [3.8, 4) is 0 Å². The molecule has 0 aromatic heterocycles. The Morgan fingerprint density at radius 1 is 0.676 bits per heavy atom. The van der Waals surface area contributed by atoms with Crippen molar-refractivity contribution in [2.45, 2.75) is 6.92 Å². The van der Waals surface area contributed by atoms with Gasteiger partial charge in [-0.05, 0) is 111 Å². The molecule has 10 saturated heterocycles. The van der Waals surface area contributed by atoms with Crippen LogP contribution in [-0.4, -0.2) is 148 Å². The molecule has 186 valence electrons. The summed E-state index contributed by atoms with van der Waals surface area (Å²) < 4.78 is 0. The van der Waals surface area contributed by atoms with Gasteiger partial charge in [-0.3, -0.25) is 0 Å². The van der Waals surface area contributed by atoms with Crippen LogP contribution < -0.4 is 33.4 Å². The molecule has 10 fully saturated rings. The van der Waals surface area contributed by atoms with Crippen molar-refractivity contribution in [1.29, 1.82) is 0 Å². The van der Waals surface area contributed by atoms with Crippen LogP contribution in [0.1, 0.15) is 6.92 Å². The molecule has 0 aromatic rings. The molecule has 0 aromatic carbocycles. The molecule has 29 heteroatoms. The number of hydrazine groups is 38. The Balaban J connectivity index is 0.876. The molecule has 0 unspecified atom stereocenters. The van der Waals surface area contributed by atoms with E-state index >= 15 is 0 Å². The molecule has 0 spiro atoms. The number of rotatable bonds is 3. The highest BCUT2D eigenvalue weighted by atomic mass is 16.9. The van der Waals surface area contributed by atoms with E-state index in [1.807, 2.05) is 106 Å². The fraction of sp³-hybridized carbons (Fsp3) is 1.00. The molecule has 0 atom stereocenters. The van der Waals surface area contributed by atoms with Crippen LogP contribution in [0.15, 0.2) is 0 Å². The minimum Gasteiger partial charge on any atom is -0.235 e. The van der Waals surface area contributed by atoms with E-state index in [1.54, 1.807) is 36.6 Å². The van der Waals surface area contributed by atoms with Crippen molar-refractivity contribution >= 4 is 0 Å². The summed E-state index contributed by atoms with van der Waals surface area (Å²) in [4.78, 5) is 0. The third kappa shape index (κ3) is 1.56. The largest absolute Gasteiger partial charge is 0.235 e. The molecule has 0 aliphatic carbocycles. The lowest BCUT2D eigenvalue weighted by atomic mass is 10.8. The van der Waals surface area contributed by atoms with E-state index < -0.39 is 0 Å². The first kappa shape index (κ1) is 19.0. The zero-order valence-electron chi connectivity index (χ0n) is 18.1. The molecule has 0 saturated carbocycles. The molecule has 34 heavy (non-hydrogen) atoms. The lowest BCUT2D eigenvalue weighted by molar-refractivity contribution is -1.08. The number of hydrogen-bond donors (Lipinski definition) is 6. The normalized spacial score (nSPS) is 39.7. The highest BCUT2D eigenvalue weighted by Gasteiger charge is 2.93. The Bertz CT molecular complexity index is 953. The zero-order valence-corrected chi connectivity index (χ0v) is 18.1. The summed E-state index contributed by atoms with van der Waals surface area (Å²) in [6.45, 7) is 2.78. The molecular formula is C5H21N29. The van der Waals surface area contributed by atoms with Gasteiger partial charge >= 0.3 is 0 Å². The molecular weight excluding hydrogens is 466 g/mol. The van der Waals surface area contributed by atoms with Gasteiger partial charge in [0.25, 0.3) is 0 Å². The molecule has 0 bridgehead atoms. The van der Waals surface area contributed by atoms with Crippen LogP contribution in [0, 0.1) is 0 Å². The fourth-order valence-corrected chi connectivity index (χ4v) is 4.81. The van der Waals surface area contributed by atoms with E-state index in [-0.39, 0.29) is 0 Å². The number of nitrogens with zero attached hydrogens (tertiary/aromatic N) is 23. The van der Waals surface area contributed by atoms with Crippen LogP contribution in [0.3, 0.4) is 0 Å². The van der Waals surface area contributed by atoms with E-state index in [1.165, 1.54) is 5.23 Å². The van der Waals surface area contributed by atoms with Crippen LogP contribution in [0.4, 0.5) is 0 Å². The third-order valence-electron chi connectivity index (χ3n) is 6.21. The van der Waals surface area contributed by atoms with Crippen molar-refractivity contribution in [2.75, 3.05) is 27.7 Å². The molecule has 29 nitrogen and oxygen atoms in total. The Morgan fingerprint density at radius 3 is 1.79 bits per heavy atom. The van der Waals surface area contributed by atoms with Gasteiger partial charge in [-0.1, -0.05) is 5.23 Å². The van der Waals surface area contributed by atoms with Crippen molar-refractivity contribution in [3.63, 3.8) is 0 Å². The second-order valence-electron chi connectivity index (χ2n) is 8.00. The van der Waals surface area contributed by atoms with Crippen molar-refractivity contribution < 1.29 is 0 Å². The second-order valence-corrected chi connectivity index (χ2v) is 8.00. The van der Waals surface area contributed by atoms with Crippen LogP contribution >= 0.6 is 0 Å². The Hall–Kier alpha value is -1.16. The van der Waals surface area contributed by atoms with E-state index in [9.17, 15) is 0 Å². The van der Waals surface area contributed by atoms with Crippen LogP contribution in [-0.2, 0) is 0 Å². The van der Waals surface area contributed by atoms with Gasteiger partial charge < -0.3 is 0 Å². The summed E-state index contributed by atoms with van der Waals surface area (Å²) in [5.74, 6) is 6.12. The molecule has 0 amide bonds. The number of hydrogen-bond acceptors (Lipinski definition) is 29. The molecule has 7 N–H and O–H groups in total.